The van der Waals surface area contributed by atoms with Gasteiger partial charge in [-0.2, -0.15) is 0 Å². The number of hydrogen-bond acceptors (Lipinski definition) is 3. The molecular formula is C15H21N3O2. The Balaban J connectivity index is 2.22. The Bertz CT molecular complexity index is 508. The largest absolute Gasteiger partial charge is 0.355 e. The van der Waals surface area contributed by atoms with Crippen LogP contribution in [0.5, 0.6) is 0 Å². The second-order valence-electron chi connectivity index (χ2n) is 5.14. The van der Waals surface area contributed by atoms with Gasteiger partial charge in [-0.1, -0.05) is 19.1 Å². The molecule has 1 saturated heterocycles. The molecule has 1 aromatic rings. The second kappa shape index (κ2) is 6.05. The maximum absolute atomic E-state index is 12.5. The summed E-state index contributed by atoms with van der Waals surface area (Å²) in [7, 11) is 1.58. The van der Waals surface area contributed by atoms with E-state index in [-0.39, 0.29) is 17.2 Å². The lowest BCUT2D eigenvalue weighted by molar-refractivity contribution is -0.124. The van der Waals surface area contributed by atoms with Gasteiger partial charge >= 0.3 is 0 Å². The van der Waals surface area contributed by atoms with Crippen LogP contribution in [0.2, 0.25) is 0 Å². The minimum atomic E-state index is -0.365. The fraction of sp³-hybridized carbons (Fsp3) is 0.467. The van der Waals surface area contributed by atoms with Crippen LogP contribution < -0.4 is 16.0 Å². The fourth-order valence-corrected chi connectivity index (χ4v) is 2.58. The van der Waals surface area contributed by atoms with Crippen molar-refractivity contribution in [2.75, 3.05) is 25.5 Å². The van der Waals surface area contributed by atoms with E-state index >= 15 is 0 Å². The number of benzene rings is 1. The number of anilines is 1. The number of carbonyl (C=O) groups excluding carboxylic acids is 2. The van der Waals surface area contributed by atoms with Crippen molar-refractivity contribution in [2.24, 2.45) is 5.41 Å². The lowest BCUT2D eigenvalue weighted by Crippen LogP contribution is -2.38. The highest BCUT2D eigenvalue weighted by Gasteiger charge is 2.39. The van der Waals surface area contributed by atoms with Crippen molar-refractivity contribution >= 4 is 17.5 Å². The molecule has 5 heteroatoms. The van der Waals surface area contributed by atoms with E-state index in [0.717, 1.165) is 19.4 Å². The van der Waals surface area contributed by atoms with Gasteiger partial charge in [-0.25, -0.2) is 0 Å². The third-order valence-corrected chi connectivity index (χ3v) is 4.05. The number of amides is 2. The molecule has 1 atom stereocenters. The van der Waals surface area contributed by atoms with Gasteiger partial charge in [-0.05, 0) is 31.5 Å². The predicted molar refractivity (Wildman–Crippen MR) is 78.7 cm³/mol. The Morgan fingerprint density at radius 2 is 2.10 bits per heavy atom. The van der Waals surface area contributed by atoms with Crippen LogP contribution >= 0.6 is 0 Å². The summed E-state index contributed by atoms with van der Waals surface area (Å²) in [4.78, 5) is 24.4. The average molecular weight is 275 g/mol. The first-order chi connectivity index (χ1) is 9.63. The van der Waals surface area contributed by atoms with E-state index < -0.39 is 0 Å². The molecule has 0 spiro atoms. The molecule has 1 unspecified atom stereocenters. The average Bonchev–Trinajstić information content (AvgIpc) is 2.97. The Morgan fingerprint density at radius 1 is 1.35 bits per heavy atom. The van der Waals surface area contributed by atoms with Crippen LogP contribution in [0.15, 0.2) is 24.3 Å². The smallest absolute Gasteiger partial charge is 0.253 e. The molecular weight excluding hydrogens is 254 g/mol. The van der Waals surface area contributed by atoms with E-state index in [1.54, 1.807) is 25.2 Å². The molecule has 0 saturated carbocycles. The highest BCUT2D eigenvalue weighted by molar-refractivity contribution is 6.05. The summed E-state index contributed by atoms with van der Waals surface area (Å²) in [6.45, 7) is 3.58. The van der Waals surface area contributed by atoms with Crippen LogP contribution in [-0.2, 0) is 4.79 Å². The zero-order valence-electron chi connectivity index (χ0n) is 12.0. The zero-order valence-corrected chi connectivity index (χ0v) is 12.0. The lowest BCUT2D eigenvalue weighted by Gasteiger charge is -2.25. The molecule has 1 aliphatic rings. The highest BCUT2D eigenvalue weighted by atomic mass is 16.2. The van der Waals surface area contributed by atoms with Crippen LogP contribution in [0.4, 0.5) is 5.69 Å². The number of rotatable bonds is 4. The van der Waals surface area contributed by atoms with Crippen LogP contribution in [0.3, 0.4) is 0 Å². The SMILES string of the molecule is CCC1(C(=O)Nc2ccccc2C(=O)NC)CCNC1. The van der Waals surface area contributed by atoms with E-state index in [9.17, 15) is 9.59 Å². The summed E-state index contributed by atoms with van der Waals surface area (Å²) in [5.74, 6) is -0.211. The van der Waals surface area contributed by atoms with Gasteiger partial charge in [0, 0.05) is 13.6 Å². The van der Waals surface area contributed by atoms with Gasteiger partial charge in [0.15, 0.2) is 0 Å². The maximum Gasteiger partial charge on any atom is 0.253 e. The normalized spacial score (nSPS) is 21.5. The van der Waals surface area contributed by atoms with Gasteiger partial charge in [-0.15, -0.1) is 0 Å². The first-order valence-corrected chi connectivity index (χ1v) is 6.96. The van der Waals surface area contributed by atoms with Gasteiger partial charge in [0.2, 0.25) is 5.91 Å². The van der Waals surface area contributed by atoms with Crippen LogP contribution in [0.25, 0.3) is 0 Å². The molecule has 5 nitrogen and oxygen atoms in total. The van der Waals surface area contributed by atoms with Crippen molar-refractivity contribution in [1.29, 1.82) is 0 Å². The van der Waals surface area contributed by atoms with Crippen molar-refractivity contribution in [1.82, 2.24) is 10.6 Å². The summed E-state index contributed by atoms with van der Waals surface area (Å²) in [6.07, 6.45) is 1.62. The molecule has 3 N–H and O–H groups in total. The maximum atomic E-state index is 12.5. The third kappa shape index (κ3) is 2.67. The topological polar surface area (TPSA) is 70.2 Å². The van der Waals surface area contributed by atoms with Gasteiger partial charge < -0.3 is 16.0 Å². The molecule has 2 rings (SSSR count). The monoisotopic (exact) mass is 275 g/mol. The Morgan fingerprint density at radius 3 is 2.70 bits per heavy atom. The minimum Gasteiger partial charge on any atom is -0.355 e. The number of carbonyl (C=O) groups is 2. The van der Waals surface area contributed by atoms with Crippen LogP contribution in [0, 0.1) is 5.41 Å². The standard InChI is InChI=1S/C15H21N3O2/c1-3-15(8-9-17-10-15)14(20)18-12-7-5-4-6-11(12)13(19)16-2/h4-7,17H,3,8-10H2,1-2H3,(H,16,19)(H,18,20). The van der Waals surface area contributed by atoms with Crippen molar-refractivity contribution in [3.05, 3.63) is 29.8 Å². The quantitative estimate of drug-likeness (QED) is 0.777. The molecule has 0 aliphatic carbocycles. The van der Waals surface area contributed by atoms with Crippen molar-refractivity contribution in [3.63, 3.8) is 0 Å². The van der Waals surface area contributed by atoms with Gasteiger partial charge in [0.05, 0.1) is 16.7 Å². The molecule has 0 aromatic heterocycles. The van der Waals surface area contributed by atoms with Crippen LogP contribution in [-0.4, -0.2) is 32.0 Å². The zero-order chi connectivity index (χ0) is 14.6. The van der Waals surface area contributed by atoms with E-state index in [4.69, 9.17) is 0 Å². The van der Waals surface area contributed by atoms with Gasteiger partial charge in [0.1, 0.15) is 0 Å². The van der Waals surface area contributed by atoms with E-state index in [1.807, 2.05) is 13.0 Å². The van der Waals surface area contributed by atoms with Gasteiger partial charge in [0.25, 0.3) is 5.91 Å². The number of nitrogens with one attached hydrogen (secondary N) is 3. The summed E-state index contributed by atoms with van der Waals surface area (Å²) < 4.78 is 0. The molecule has 2 amide bonds. The first-order valence-electron chi connectivity index (χ1n) is 6.96. The molecule has 1 fully saturated rings. The third-order valence-electron chi connectivity index (χ3n) is 4.05. The molecule has 1 heterocycles. The highest BCUT2D eigenvalue weighted by Crippen LogP contribution is 2.31. The van der Waals surface area contributed by atoms with E-state index in [2.05, 4.69) is 16.0 Å². The summed E-state index contributed by atoms with van der Waals surface area (Å²) in [5.41, 5.74) is 0.688. The fourth-order valence-electron chi connectivity index (χ4n) is 2.58. The summed E-state index contributed by atoms with van der Waals surface area (Å²) >= 11 is 0. The number of para-hydroxylation sites is 1. The minimum absolute atomic E-state index is 0.0126. The molecule has 0 radical (unpaired) electrons. The van der Waals surface area contributed by atoms with Crippen molar-refractivity contribution < 1.29 is 9.59 Å². The summed E-state index contributed by atoms with van der Waals surface area (Å²) in [5, 5.41) is 8.74. The predicted octanol–water partition coefficient (Wildman–Crippen LogP) is 1.37. The second-order valence-corrected chi connectivity index (χ2v) is 5.14. The first kappa shape index (κ1) is 14.5. The van der Waals surface area contributed by atoms with Gasteiger partial charge in [-0.3, -0.25) is 9.59 Å². The Hall–Kier alpha value is -1.88. The van der Waals surface area contributed by atoms with E-state index in [0.29, 0.717) is 17.8 Å². The molecule has 1 aliphatic heterocycles. The molecule has 1 aromatic carbocycles. The number of hydrogen-bond donors (Lipinski definition) is 3. The van der Waals surface area contributed by atoms with Crippen molar-refractivity contribution in [2.45, 2.75) is 19.8 Å². The molecule has 108 valence electrons. The Labute approximate surface area is 119 Å². The molecule has 20 heavy (non-hydrogen) atoms. The van der Waals surface area contributed by atoms with Crippen LogP contribution in [0.1, 0.15) is 30.1 Å². The lowest BCUT2D eigenvalue weighted by atomic mass is 9.83. The van der Waals surface area contributed by atoms with Crippen molar-refractivity contribution in [3.8, 4) is 0 Å². The Kier molecular flexibility index (Phi) is 4.39. The molecule has 0 bridgehead atoms. The van der Waals surface area contributed by atoms with E-state index in [1.165, 1.54) is 0 Å². The summed E-state index contributed by atoms with van der Waals surface area (Å²) in [6, 6.07) is 7.06.